The fourth-order valence-electron chi connectivity index (χ4n) is 3.81. The first-order valence-corrected chi connectivity index (χ1v) is 9.58. The summed E-state index contributed by atoms with van der Waals surface area (Å²) in [6.07, 6.45) is 2.85. The molecule has 0 bridgehead atoms. The van der Waals surface area contributed by atoms with E-state index >= 15 is 0 Å². The second-order valence-electron chi connectivity index (χ2n) is 7.51. The predicted molar refractivity (Wildman–Crippen MR) is 103 cm³/mol. The molecule has 1 fully saturated rings. The number of carbonyl (C=O) groups is 1. The van der Waals surface area contributed by atoms with E-state index in [2.05, 4.69) is 70.2 Å². The number of carbonyl (C=O) groups excluding carboxylic acids is 1. The van der Waals surface area contributed by atoms with Crippen LogP contribution in [0.25, 0.3) is 0 Å². The van der Waals surface area contributed by atoms with E-state index in [1.807, 2.05) is 0 Å². The fourth-order valence-corrected chi connectivity index (χ4v) is 5.24. The Morgan fingerprint density at radius 3 is 2.29 bits per heavy atom. The molecule has 1 aliphatic carbocycles. The Balaban J connectivity index is 1.74. The predicted octanol–water partition coefficient (Wildman–Crippen LogP) is 5.68. The van der Waals surface area contributed by atoms with E-state index in [0.29, 0.717) is 5.78 Å². The maximum atomic E-state index is 12.3. The zero-order valence-corrected chi connectivity index (χ0v) is 15.9. The molecule has 2 atom stereocenters. The molecule has 1 saturated carbocycles. The van der Waals surface area contributed by atoms with Gasteiger partial charge in [0.05, 0.1) is 5.25 Å². The van der Waals surface area contributed by atoms with Gasteiger partial charge in [-0.15, -0.1) is 11.8 Å². The summed E-state index contributed by atoms with van der Waals surface area (Å²) >= 11 is 1.79. The molecule has 3 rings (SSSR count). The summed E-state index contributed by atoms with van der Waals surface area (Å²) in [5.41, 5.74) is 5.36. The van der Waals surface area contributed by atoms with Crippen molar-refractivity contribution in [3.8, 4) is 0 Å². The Kier molecular flexibility index (Phi) is 4.87. The second kappa shape index (κ2) is 6.76. The summed E-state index contributed by atoms with van der Waals surface area (Å²) in [7, 11) is 0. The van der Waals surface area contributed by atoms with Gasteiger partial charge in [-0.2, -0.15) is 0 Å². The van der Waals surface area contributed by atoms with E-state index in [1.54, 1.807) is 11.8 Å². The van der Waals surface area contributed by atoms with Crippen LogP contribution in [0.15, 0.2) is 47.4 Å². The maximum absolute atomic E-state index is 12.3. The van der Waals surface area contributed by atoms with Crippen molar-refractivity contribution < 1.29 is 4.79 Å². The molecular formula is C22H26OS. The summed E-state index contributed by atoms with van der Waals surface area (Å²) in [6, 6.07) is 15.0. The molecule has 0 unspecified atom stereocenters. The van der Waals surface area contributed by atoms with Gasteiger partial charge >= 0.3 is 0 Å². The molecule has 2 aromatic carbocycles. The number of hydrogen-bond donors (Lipinski definition) is 0. The van der Waals surface area contributed by atoms with Crippen LogP contribution in [0.3, 0.4) is 0 Å². The van der Waals surface area contributed by atoms with Gasteiger partial charge in [0, 0.05) is 11.3 Å². The quantitative estimate of drug-likeness (QED) is 0.697. The van der Waals surface area contributed by atoms with Crippen LogP contribution in [-0.4, -0.2) is 11.0 Å². The van der Waals surface area contributed by atoms with E-state index in [0.717, 1.165) is 19.3 Å². The molecule has 0 radical (unpaired) electrons. The first-order chi connectivity index (χ1) is 11.4. The maximum Gasteiger partial charge on any atom is 0.147 e. The highest BCUT2D eigenvalue weighted by molar-refractivity contribution is 8.00. The van der Waals surface area contributed by atoms with Crippen LogP contribution in [-0.2, 0) is 11.2 Å². The van der Waals surface area contributed by atoms with Gasteiger partial charge in [0.2, 0.25) is 0 Å². The first kappa shape index (κ1) is 17.3. The zero-order chi connectivity index (χ0) is 17.3. The molecule has 0 aromatic heterocycles. The lowest BCUT2D eigenvalue weighted by Crippen LogP contribution is -2.49. The number of ketones is 1. The molecule has 0 N–H and O–H groups in total. The van der Waals surface area contributed by atoms with Crippen molar-refractivity contribution in [3.05, 3.63) is 64.7 Å². The number of hydrogen-bond acceptors (Lipinski definition) is 2. The van der Waals surface area contributed by atoms with Crippen molar-refractivity contribution in [1.82, 2.24) is 0 Å². The minimum Gasteiger partial charge on any atom is -0.298 e. The topological polar surface area (TPSA) is 17.1 Å². The van der Waals surface area contributed by atoms with Crippen LogP contribution >= 0.6 is 11.8 Å². The number of benzene rings is 2. The van der Waals surface area contributed by atoms with Crippen molar-refractivity contribution in [3.63, 3.8) is 0 Å². The van der Waals surface area contributed by atoms with Gasteiger partial charge in [0.1, 0.15) is 5.78 Å². The average Bonchev–Trinajstić information content (AvgIpc) is 2.52. The van der Waals surface area contributed by atoms with Crippen LogP contribution in [0, 0.1) is 26.2 Å². The van der Waals surface area contributed by atoms with Crippen LogP contribution in [0.5, 0.6) is 0 Å². The van der Waals surface area contributed by atoms with Crippen molar-refractivity contribution in [2.24, 2.45) is 5.41 Å². The Hall–Kier alpha value is -1.54. The second-order valence-corrected chi connectivity index (χ2v) is 8.62. The van der Waals surface area contributed by atoms with Crippen molar-refractivity contribution in [2.75, 3.05) is 0 Å². The van der Waals surface area contributed by atoms with Gasteiger partial charge in [-0.1, -0.05) is 55.0 Å². The normalized spacial score (nSPS) is 23.2. The van der Waals surface area contributed by atoms with Gasteiger partial charge in [0.25, 0.3) is 0 Å². The van der Waals surface area contributed by atoms with Crippen molar-refractivity contribution in [2.45, 2.75) is 57.1 Å². The summed E-state index contributed by atoms with van der Waals surface area (Å²) in [5, 5.41) is 0.0984. The summed E-state index contributed by atoms with van der Waals surface area (Å²) in [5.74, 6) is 0.412. The van der Waals surface area contributed by atoms with Crippen molar-refractivity contribution in [1.29, 1.82) is 0 Å². The Morgan fingerprint density at radius 1 is 1.08 bits per heavy atom. The summed E-state index contributed by atoms with van der Waals surface area (Å²) < 4.78 is 0. The number of rotatable bonds is 5. The molecule has 0 saturated heterocycles. The molecule has 0 heterocycles. The largest absolute Gasteiger partial charge is 0.298 e. The highest BCUT2D eigenvalue weighted by atomic mass is 32.2. The lowest BCUT2D eigenvalue weighted by atomic mass is 9.66. The Morgan fingerprint density at radius 2 is 1.71 bits per heavy atom. The molecule has 0 spiro atoms. The van der Waals surface area contributed by atoms with E-state index in [1.165, 1.54) is 27.1 Å². The standard InChI is InChI=1S/C22H26OS/c1-15-12-16(2)20(17(3)13-15)24-21-19(23)14-22(21,4)11-10-18-8-6-5-7-9-18/h5-9,12-13,21H,10-11,14H2,1-4H3/t21-,22+/m1/s1. The van der Waals surface area contributed by atoms with E-state index in [4.69, 9.17) is 0 Å². The molecule has 126 valence electrons. The summed E-state index contributed by atoms with van der Waals surface area (Å²) in [6.45, 7) is 8.74. The monoisotopic (exact) mass is 338 g/mol. The molecule has 1 aliphatic rings. The van der Waals surface area contributed by atoms with Crippen LogP contribution in [0.4, 0.5) is 0 Å². The SMILES string of the molecule is Cc1cc(C)c(S[C@@H]2C(=O)C[C@]2(C)CCc2ccccc2)c(C)c1. The number of aryl methyl sites for hydroxylation is 4. The zero-order valence-electron chi connectivity index (χ0n) is 15.1. The smallest absolute Gasteiger partial charge is 0.147 e. The number of thioether (sulfide) groups is 1. The Labute approximate surface area is 149 Å². The third kappa shape index (κ3) is 3.44. The molecule has 0 amide bonds. The Bertz CT molecular complexity index is 727. The van der Waals surface area contributed by atoms with Gasteiger partial charge in [-0.3, -0.25) is 4.79 Å². The van der Waals surface area contributed by atoms with Gasteiger partial charge < -0.3 is 0 Å². The van der Waals surface area contributed by atoms with Gasteiger partial charge in [0.15, 0.2) is 0 Å². The van der Waals surface area contributed by atoms with Gasteiger partial charge in [-0.05, 0) is 55.7 Å². The highest BCUT2D eigenvalue weighted by Gasteiger charge is 2.50. The van der Waals surface area contributed by atoms with Gasteiger partial charge in [-0.25, -0.2) is 0 Å². The lowest BCUT2D eigenvalue weighted by molar-refractivity contribution is -0.130. The molecular weight excluding hydrogens is 312 g/mol. The number of Topliss-reactive ketones (excluding diaryl/α,β-unsaturated/α-hetero) is 1. The van der Waals surface area contributed by atoms with E-state index in [-0.39, 0.29) is 10.7 Å². The minimum absolute atomic E-state index is 0.0984. The van der Waals surface area contributed by atoms with Crippen LogP contribution in [0.2, 0.25) is 0 Å². The fraction of sp³-hybridized carbons (Fsp3) is 0.409. The molecule has 1 nitrogen and oxygen atoms in total. The molecule has 24 heavy (non-hydrogen) atoms. The van der Waals surface area contributed by atoms with E-state index < -0.39 is 0 Å². The van der Waals surface area contributed by atoms with Crippen molar-refractivity contribution >= 4 is 17.5 Å². The van der Waals surface area contributed by atoms with E-state index in [9.17, 15) is 4.79 Å². The van der Waals surface area contributed by atoms with Crippen LogP contribution < -0.4 is 0 Å². The average molecular weight is 339 g/mol. The highest BCUT2D eigenvalue weighted by Crippen LogP contribution is 2.51. The third-order valence-electron chi connectivity index (χ3n) is 5.17. The molecule has 0 aliphatic heterocycles. The first-order valence-electron chi connectivity index (χ1n) is 8.70. The minimum atomic E-state index is 0.0984. The summed E-state index contributed by atoms with van der Waals surface area (Å²) in [4.78, 5) is 13.6. The third-order valence-corrected chi connectivity index (χ3v) is 7.12. The lowest BCUT2D eigenvalue weighted by Gasteiger charge is -2.45. The van der Waals surface area contributed by atoms with Crippen LogP contribution in [0.1, 0.15) is 42.0 Å². The molecule has 2 heteroatoms. The molecule has 2 aromatic rings.